The van der Waals surface area contributed by atoms with Crippen molar-refractivity contribution in [1.82, 2.24) is 4.98 Å². The summed E-state index contributed by atoms with van der Waals surface area (Å²) in [6, 6.07) is 8.95. The van der Waals surface area contributed by atoms with Crippen molar-refractivity contribution in [2.24, 2.45) is 0 Å². The van der Waals surface area contributed by atoms with Crippen LogP contribution in [0, 0.1) is 5.82 Å². The first kappa shape index (κ1) is 16.8. The largest absolute Gasteiger partial charge is 0.477 e. The third-order valence-corrected chi connectivity index (χ3v) is 3.82. The minimum absolute atomic E-state index is 0.0204. The number of rotatable bonds is 4. The first-order valence-electron chi connectivity index (χ1n) is 7.24. The second-order valence-corrected chi connectivity index (χ2v) is 5.78. The van der Waals surface area contributed by atoms with Gasteiger partial charge in [0.15, 0.2) is 0 Å². The van der Waals surface area contributed by atoms with Crippen LogP contribution < -0.4 is 10.6 Å². The number of anilines is 3. The Morgan fingerprint density at radius 3 is 2.52 bits per heavy atom. The molecule has 0 spiro atoms. The highest BCUT2D eigenvalue weighted by Crippen LogP contribution is 2.33. The van der Waals surface area contributed by atoms with Crippen LogP contribution in [0.3, 0.4) is 0 Å². The number of aromatic amines is 1. The summed E-state index contributed by atoms with van der Waals surface area (Å²) < 4.78 is 13.3. The first-order valence-corrected chi connectivity index (χ1v) is 7.61. The Hall–Kier alpha value is -3.06. The summed E-state index contributed by atoms with van der Waals surface area (Å²) in [5.74, 6) is -1.94. The van der Waals surface area contributed by atoms with Crippen molar-refractivity contribution in [1.29, 1.82) is 0 Å². The Balaban J connectivity index is 2.09. The Labute approximate surface area is 146 Å². The standard InChI is InChI=1S/C17H13ClFN3O3/c1-8(23)20-14-5-4-13(10-7-15(17(24)25)22-16(10)14)21-9-2-3-12(19)11(18)6-9/h2-7,21-22H,1H3,(H,20,23)(H,24,25). The van der Waals surface area contributed by atoms with Gasteiger partial charge in [0.25, 0.3) is 0 Å². The van der Waals surface area contributed by atoms with Gasteiger partial charge in [-0.15, -0.1) is 0 Å². The normalized spacial score (nSPS) is 10.7. The van der Waals surface area contributed by atoms with Gasteiger partial charge in [-0.05, 0) is 36.4 Å². The Kier molecular flexibility index (Phi) is 4.33. The van der Waals surface area contributed by atoms with Gasteiger partial charge in [0.1, 0.15) is 11.5 Å². The van der Waals surface area contributed by atoms with Gasteiger partial charge in [-0.1, -0.05) is 11.6 Å². The lowest BCUT2D eigenvalue weighted by atomic mass is 10.1. The molecule has 0 bridgehead atoms. The molecule has 0 aliphatic heterocycles. The van der Waals surface area contributed by atoms with Crippen molar-refractivity contribution in [2.75, 3.05) is 10.6 Å². The lowest BCUT2D eigenvalue weighted by Gasteiger charge is -2.11. The Morgan fingerprint density at radius 1 is 1.16 bits per heavy atom. The van der Waals surface area contributed by atoms with E-state index in [4.69, 9.17) is 11.6 Å². The van der Waals surface area contributed by atoms with Crippen molar-refractivity contribution in [3.05, 3.63) is 52.9 Å². The van der Waals surface area contributed by atoms with Crippen LogP contribution in [0.25, 0.3) is 10.9 Å². The lowest BCUT2D eigenvalue weighted by Crippen LogP contribution is -2.06. The fourth-order valence-corrected chi connectivity index (χ4v) is 2.65. The number of halogens is 2. The molecule has 0 fully saturated rings. The van der Waals surface area contributed by atoms with E-state index in [2.05, 4.69) is 15.6 Å². The summed E-state index contributed by atoms with van der Waals surface area (Å²) in [4.78, 5) is 25.4. The fraction of sp³-hybridized carbons (Fsp3) is 0.0588. The zero-order valence-corrected chi connectivity index (χ0v) is 13.7. The highest BCUT2D eigenvalue weighted by molar-refractivity contribution is 6.31. The molecule has 4 N–H and O–H groups in total. The van der Waals surface area contributed by atoms with Crippen LogP contribution in [0.4, 0.5) is 21.5 Å². The number of carboxylic acid groups (broad SMARTS) is 1. The fourth-order valence-electron chi connectivity index (χ4n) is 2.47. The molecule has 0 aliphatic carbocycles. The van der Waals surface area contributed by atoms with E-state index in [-0.39, 0.29) is 16.6 Å². The van der Waals surface area contributed by atoms with E-state index in [1.165, 1.54) is 31.2 Å². The SMILES string of the molecule is CC(=O)Nc1ccc(Nc2ccc(F)c(Cl)c2)c2cc(C(=O)O)[nH]c12. The van der Waals surface area contributed by atoms with Gasteiger partial charge in [0, 0.05) is 23.7 Å². The van der Waals surface area contributed by atoms with Gasteiger partial charge < -0.3 is 20.7 Å². The van der Waals surface area contributed by atoms with Gasteiger partial charge in [-0.25, -0.2) is 9.18 Å². The van der Waals surface area contributed by atoms with Gasteiger partial charge in [-0.2, -0.15) is 0 Å². The van der Waals surface area contributed by atoms with Gasteiger partial charge in [-0.3, -0.25) is 4.79 Å². The average Bonchev–Trinajstić information content (AvgIpc) is 2.99. The van der Waals surface area contributed by atoms with Crippen molar-refractivity contribution < 1.29 is 19.1 Å². The second-order valence-electron chi connectivity index (χ2n) is 5.37. The smallest absolute Gasteiger partial charge is 0.352 e. The van der Waals surface area contributed by atoms with Crippen molar-refractivity contribution in [2.45, 2.75) is 6.92 Å². The van der Waals surface area contributed by atoms with Crippen LogP contribution in [-0.4, -0.2) is 22.0 Å². The number of carbonyl (C=O) groups is 2. The predicted octanol–water partition coefficient (Wildman–Crippen LogP) is 4.36. The predicted molar refractivity (Wildman–Crippen MR) is 94.3 cm³/mol. The maximum Gasteiger partial charge on any atom is 0.352 e. The van der Waals surface area contributed by atoms with Crippen LogP contribution in [0.15, 0.2) is 36.4 Å². The number of hydrogen-bond acceptors (Lipinski definition) is 3. The van der Waals surface area contributed by atoms with E-state index < -0.39 is 11.8 Å². The molecule has 3 aromatic rings. The third-order valence-electron chi connectivity index (χ3n) is 3.53. The molecule has 0 saturated heterocycles. The first-order chi connectivity index (χ1) is 11.8. The van der Waals surface area contributed by atoms with E-state index in [1.54, 1.807) is 12.1 Å². The molecule has 128 valence electrons. The maximum atomic E-state index is 13.3. The summed E-state index contributed by atoms with van der Waals surface area (Å²) in [7, 11) is 0. The highest BCUT2D eigenvalue weighted by Gasteiger charge is 2.15. The molecular formula is C17H13ClFN3O3. The molecule has 0 atom stereocenters. The number of nitrogens with one attached hydrogen (secondary N) is 3. The van der Waals surface area contributed by atoms with E-state index in [1.807, 2.05) is 0 Å². The van der Waals surface area contributed by atoms with Crippen LogP contribution in [-0.2, 0) is 4.79 Å². The molecule has 0 saturated carbocycles. The van der Waals surface area contributed by atoms with Crippen molar-refractivity contribution in [3.63, 3.8) is 0 Å². The molecule has 0 unspecified atom stereocenters. The summed E-state index contributed by atoms with van der Waals surface area (Å²) in [5.41, 5.74) is 2.02. The minimum atomic E-state index is -1.12. The van der Waals surface area contributed by atoms with Gasteiger partial charge in [0.2, 0.25) is 5.91 Å². The minimum Gasteiger partial charge on any atom is -0.477 e. The number of amides is 1. The van der Waals surface area contributed by atoms with Crippen molar-refractivity contribution in [3.8, 4) is 0 Å². The summed E-state index contributed by atoms with van der Waals surface area (Å²) >= 11 is 5.78. The second kappa shape index (κ2) is 6.45. The molecule has 0 radical (unpaired) electrons. The molecule has 8 heteroatoms. The quantitative estimate of drug-likeness (QED) is 0.555. The van der Waals surface area contributed by atoms with Crippen LogP contribution in [0.5, 0.6) is 0 Å². The zero-order valence-electron chi connectivity index (χ0n) is 13.0. The number of fused-ring (bicyclic) bond motifs is 1. The molecule has 6 nitrogen and oxygen atoms in total. The number of carbonyl (C=O) groups excluding carboxylic acids is 1. The van der Waals surface area contributed by atoms with E-state index >= 15 is 0 Å². The molecule has 25 heavy (non-hydrogen) atoms. The molecule has 0 aliphatic rings. The Bertz CT molecular complexity index is 1000. The third kappa shape index (κ3) is 3.41. The number of benzene rings is 2. The lowest BCUT2D eigenvalue weighted by molar-refractivity contribution is -0.114. The molecule has 3 rings (SSSR count). The summed E-state index contributed by atoms with van der Waals surface area (Å²) in [6.45, 7) is 1.36. The average molecular weight is 362 g/mol. The van der Waals surface area contributed by atoms with Crippen LogP contribution >= 0.6 is 11.6 Å². The maximum absolute atomic E-state index is 13.3. The molecule has 2 aromatic carbocycles. The summed E-state index contributed by atoms with van der Waals surface area (Å²) in [6.07, 6.45) is 0. The Morgan fingerprint density at radius 2 is 1.88 bits per heavy atom. The molecular weight excluding hydrogens is 349 g/mol. The van der Waals surface area contributed by atoms with Crippen LogP contribution in [0.1, 0.15) is 17.4 Å². The number of hydrogen-bond donors (Lipinski definition) is 4. The van der Waals surface area contributed by atoms with E-state index in [9.17, 15) is 19.1 Å². The molecule has 1 amide bonds. The van der Waals surface area contributed by atoms with Gasteiger partial charge in [0.05, 0.1) is 16.2 Å². The number of aromatic carboxylic acids is 1. The topological polar surface area (TPSA) is 94.2 Å². The number of aromatic nitrogens is 1. The number of H-pyrrole nitrogens is 1. The van der Waals surface area contributed by atoms with Gasteiger partial charge >= 0.3 is 5.97 Å². The molecule has 1 heterocycles. The van der Waals surface area contributed by atoms with Crippen LogP contribution in [0.2, 0.25) is 5.02 Å². The molecule has 1 aromatic heterocycles. The zero-order chi connectivity index (χ0) is 18.1. The summed E-state index contributed by atoms with van der Waals surface area (Å²) in [5, 5.41) is 15.5. The van der Waals surface area contributed by atoms with E-state index in [0.717, 1.165) is 0 Å². The highest BCUT2D eigenvalue weighted by atomic mass is 35.5. The number of carboxylic acids is 1. The van der Waals surface area contributed by atoms with E-state index in [0.29, 0.717) is 28.0 Å². The monoisotopic (exact) mass is 361 g/mol. The van der Waals surface area contributed by atoms with Crippen molar-refractivity contribution >= 4 is 51.4 Å².